The smallest absolute Gasteiger partial charge is 0.231 e. The Bertz CT molecular complexity index is 1140. The van der Waals surface area contributed by atoms with Gasteiger partial charge in [0.05, 0.1) is 11.0 Å². The summed E-state index contributed by atoms with van der Waals surface area (Å²) in [5.74, 6) is 0.933. The average Bonchev–Trinajstić information content (AvgIpc) is 3.19. The number of rotatable bonds is 7. The molecule has 2 heterocycles. The van der Waals surface area contributed by atoms with E-state index in [1.165, 1.54) is 37.9 Å². The number of fused-ring (bicyclic) bond motifs is 3. The van der Waals surface area contributed by atoms with Crippen LogP contribution in [0.15, 0.2) is 78.9 Å². The molecule has 1 fully saturated rings. The van der Waals surface area contributed by atoms with Gasteiger partial charge in [-0.15, -0.1) is 12.4 Å². The van der Waals surface area contributed by atoms with Crippen molar-refractivity contribution < 1.29 is 4.79 Å². The molecule has 0 bridgehead atoms. The maximum absolute atomic E-state index is 13.1. The molecule has 1 aromatic heterocycles. The number of benzene rings is 3. The first-order valence-corrected chi connectivity index (χ1v) is 12.1. The molecule has 5 rings (SSSR count). The summed E-state index contributed by atoms with van der Waals surface area (Å²) in [6, 6.07) is 27.4. The number of likely N-dealkylation sites (tertiary alicyclic amines) is 1. The Balaban J connectivity index is 0.00000259. The molecule has 0 unspecified atom stereocenters. The number of unbranched alkanes of at least 4 members (excludes halogenated alkanes) is 2. The van der Waals surface area contributed by atoms with Gasteiger partial charge in [-0.1, -0.05) is 73.2 Å². The fourth-order valence-electron chi connectivity index (χ4n) is 5.31. The zero-order chi connectivity index (χ0) is 21.8. The van der Waals surface area contributed by atoms with E-state index in [0.717, 1.165) is 47.1 Å². The van der Waals surface area contributed by atoms with Crippen LogP contribution in [0.25, 0.3) is 21.8 Å². The summed E-state index contributed by atoms with van der Waals surface area (Å²) in [5, 5.41) is 2.32. The van der Waals surface area contributed by atoms with Crippen LogP contribution in [-0.4, -0.2) is 35.0 Å². The third kappa shape index (κ3) is 5.15. The van der Waals surface area contributed by atoms with Crippen LogP contribution in [0.2, 0.25) is 0 Å². The van der Waals surface area contributed by atoms with E-state index in [0.29, 0.717) is 6.42 Å². The standard InChI is InChI=1S/C29H32N2O.ClH/c32-29(31-27-15-8-6-13-25(27)26-14-7-9-16-28(26)31)17-5-2-10-20-30-21-18-24(19-22-30)23-11-3-1-4-12-23;/h1,3-4,6-9,11-16,24H,2,5,10,17-22H2;1H. The van der Waals surface area contributed by atoms with Crippen LogP contribution in [0.4, 0.5) is 0 Å². The number of carbonyl (C=O) groups is 1. The summed E-state index contributed by atoms with van der Waals surface area (Å²) in [6.45, 7) is 3.55. The molecule has 1 aliphatic heterocycles. The third-order valence-electron chi connectivity index (χ3n) is 7.05. The number of carbonyl (C=O) groups excluding carboxylic acids is 1. The summed E-state index contributed by atoms with van der Waals surface area (Å²) in [5.41, 5.74) is 3.55. The van der Waals surface area contributed by atoms with Gasteiger partial charge < -0.3 is 4.90 Å². The summed E-state index contributed by atoms with van der Waals surface area (Å²) >= 11 is 0. The fraction of sp³-hybridized carbons (Fsp3) is 0.345. The second-order valence-corrected chi connectivity index (χ2v) is 9.10. The van der Waals surface area contributed by atoms with Gasteiger partial charge in [-0.2, -0.15) is 0 Å². The summed E-state index contributed by atoms with van der Waals surface area (Å²) in [7, 11) is 0. The van der Waals surface area contributed by atoms with E-state index in [4.69, 9.17) is 0 Å². The Kier molecular flexibility index (Phi) is 7.85. The molecule has 172 valence electrons. The van der Waals surface area contributed by atoms with E-state index in [-0.39, 0.29) is 18.3 Å². The SMILES string of the molecule is Cl.O=C(CCCCCN1CCC(c2ccccc2)CC1)n1c2ccccc2c2ccccc21. The fourth-order valence-corrected chi connectivity index (χ4v) is 5.31. The molecule has 3 nitrogen and oxygen atoms in total. The van der Waals surface area contributed by atoms with E-state index >= 15 is 0 Å². The van der Waals surface area contributed by atoms with E-state index in [9.17, 15) is 4.79 Å². The van der Waals surface area contributed by atoms with E-state index in [1.54, 1.807) is 0 Å². The predicted molar refractivity (Wildman–Crippen MR) is 141 cm³/mol. The minimum Gasteiger partial charge on any atom is -0.303 e. The highest BCUT2D eigenvalue weighted by atomic mass is 35.5. The van der Waals surface area contributed by atoms with E-state index in [1.807, 2.05) is 28.8 Å². The lowest BCUT2D eigenvalue weighted by molar-refractivity contribution is 0.0908. The maximum atomic E-state index is 13.1. The molecule has 1 aliphatic rings. The molecule has 3 aromatic carbocycles. The summed E-state index contributed by atoms with van der Waals surface area (Å²) in [4.78, 5) is 15.7. The minimum absolute atomic E-state index is 0. The Labute approximate surface area is 202 Å². The molecular formula is C29H33ClN2O. The van der Waals surface area contributed by atoms with Crippen molar-refractivity contribution in [3.05, 3.63) is 84.4 Å². The van der Waals surface area contributed by atoms with Crippen LogP contribution in [0.5, 0.6) is 0 Å². The van der Waals surface area contributed by atoms with Crippen LogP contribution >= 0.6 is 12.4 Å². The van der Waals surface area contributed by atoms with E-state index < -0.39 is 0 Å². The Morgan fingerprint density at radius 3 is 1.94 bits per heavy atom. The number of aromatic nitrogens is 1. The summed E-state index contributed by atoms with van der Waals surface area (Å²) < 4.78 is 1.93. The molecule has 0 atom stereocenters. The first kappa shape index (κ1) is 23.5. The molecule has 0 aliphatic carbocycles. The van der Waals surface area contributed by atoms with Crippen LogP contribution in [0.1, 0.15) is 54.8 Å². The second kappa shape index (κ2) is 11.0. The second-order valence-electron chi connectivity index (χ2n) is 9.10. The third-order valence-corrected chi connectivity index (χ3v) is 7.05. The number of halogens is 1. The number of piperidine rings is 1. The molecule has 0 saturated carbocycles. The topological polar surface area (TPSA) is 25.2 Å². The van der Waals surface area contributed by atoms with Crippen LogP contribution in [-0.2, 0) is 0 Å². The first-order chi connectivity index (χ1) is 15.8. The van der Waals surface area contributed by atoms with Gasteiger partial charge in [0.15, 0.2) is 0 Å². The number of hydrogen-bond donors (Lipinski definition) is 0. The quantitative estimate of drug-likeness (QED) is 0.270. The zero-order valence-corrected chi connectivity index (χ0v) is 20.0. The molecular weight excluding hydrogens is 428 g/mol. The maximum Gasteiger partial charge on any atom is 0.231 e. The Morgan fingerprint density at radius 1 is 0.727 bits per heavy atom. The highest BCUT2D eigenvalue weighted by molar-refractivity contribution is 6.13. The Hall–Kier alpha value is -2.62. The van der Waals surface area contributed by atoms with Crippen molar-refractivity contribution in [3.63, 3.8) is 0 Å². The van der Waals surface area contributed by atoms with Gasteiger partial charge in [-0.05, 0) is 68.9 Å². The molecule has 0 N–H and O–H groups in total. The van der Waals surface area contributed by atoms with Crippen LogP contribution in [0, 0.1) is 0 Å². The number of hydrogen-bond acceptors (Lipinski definition) is 2. The van der Waals surface area contributed by atoms with E-state index in [2.05, 4.69) is 59.5 Å². The van der Waals surface area contributed by atoms with Crippen molar-refractivity contribution >= 4 is 40.1 Å². The molecule has 0 amide bonds. The summed E-state index contributed by atoms with van der Waals surface area (Å²) in [6.07, 6.45) is 6.38. The van der Waals surface area contributed by atoms with Gasteiger partial charge in [0.25, 0.3) is 0 Å². The lowest BCUT2D eigenvalue weighted by atomic mass is 9.89. The van der Waals surface area contributed by atoms with Gasteiger partial charge in [-0.25, -0.2) is 0 Å². The van der Waals surface area contributed by atoms with Gasteiger partial charge in [0, 0.05) is 17.2 Å². The van der Waals surface area contributed by atoms with Crippen LogP contribution < -0.4 is 0 Å². The predicted octanol–water partition coefficient (Wildman–Crippen LogP) is 7.30. The first-order valence-electron chi connectivity index (χ1n) is 12.1. The number of nitrogens with zero attached hydrogens (tertiary/aromatic N) is 2. The molecule has 33 heavy (non-hydrogen) atoms. The van der Waals surface area contributed by atoms with Crippen molar-refractivity contribution in [2.75, 3.05) is 19.6 Å². The van der Waals surface area contributed by atoms with Crippen molar-refractivity contribution in [2.45, 2.75) is 44.4 Å². The molecule has 0 radical (unpaired) electrons. The van der Waals surface area contributed by atoms with Crippen molar-refractivity contribution in [3.8, 4) is 0 Å². The van der Waals surface area contributed by atoms with Gasteiger partial charge in [-0.3, -0.25) is 9.36 Å². The average molecular weight is 461 g/mol. The lowest BCUT2D eigenvalue weighted by Crippen LogP contribution is -2.33. The molecule has 4 heteroatoms. The zero-order valence-electron chi connectivity index (χ0n) is 19.2. The molecule has 0 spiro atoms. The molecule has 4 aromatic rings. The normalized spacial score (nSPS) is 15.0. The van der Waals surface area contributed by atoms with Crippen LogP contribution in [0.3, 0.4) is 0 Å². The van der Waals surface area contributed by atoms with Crippen molar-refractivity contribution in [1.82, 2.24) is 9.47 Å². The number of para-hydroxylation sites is 2. The Morgan fingerprint density at radius 2 is 1.30 bits per heavy atom. The highest BCUT2D eigenvalue weighted by Gasteiger charge is 2.20. The van der Waals surface area contributed by atoms with Crippen molar-refractivity contribution in [1.29, 1.82) is 0 Å². The monoisotopic (exact) mass is 460 g/mol. The largest absolute Gasteiger partial charge is 0.303 e. The van der Waals surface area contributed by atoms with Crippen molar-refractivity contribution in [2.24, 2.45) is 0 Å². The highest BCUT2D eigenvalue weighted by Crippen LogP contribution is 2.30. The van der Waals surface area contributed by atoms with Gasteiger partial charge >= 0.3 is 0 Å². The minimum atomic E-state index is 0. The van der Waals surface area contributed by atoms with Gasteiger partial charge in [0.1, 0.15) is 0 Å². The van der Waals surface area contributed by atoms with Gasteiger partial charge in [0.2, 0.25) is 5.91 Å². The molecule has 1 saturated heterocycles. The lowest BCUT2D eigenvalue weighted by Gasteiger charge is -2.32.